The van der Waals surface area contributed by atoms with Crippen molar-refractivity contribution in [2.45, 2.75) is 109 Å². The first-order valence-corrected chi connectivity index (χ1v) is 17.4. The average molecular weight is 636 g/mol. The summed E-state index contributed by atoms with van der Waals surface area (Å²) in [5.41, 5.74) is 1.79. The molecule has 10 heteroatoms. The van der Waals surface area contributed by atoms with E-state index in [1.807, 2.05) is 25.1 Å². The molecule has 2 saturated heterocycles. The number of amides is 1. The molecule has 1 amide bonds. The molecule has 3 aliphatic heterocycles. The fraction of sp³-hybridized carbons (Fsp3) is 0.694. The van der Waals surface area contributed by atoms with Gasteiger partial charge in [0, 0.05) is 25.2 Å². The standard InChI is InChI=1S/C36H49N3O7/c1-4-25-30(22-40)39-21-32(25)46-34-28(37-27-14-13-24(43-3)19-29(27)38-34)11-7-5-6-9-23-10-8-12-31(23)45-33(41)20-26(35(39)42)36(2)15-17-44-18-16-36/h13-14,19,22-23,25-26,30-32H,4-12,15-18,20-21H2,1-3H3/t23-,25+,26-,30-,31-,32+/m1/s1. The molecule has 6 atom stereocenters. The number of esters is 1. The number of ether oxygens (including phenoxy) is 4. The summed E-state index contributed by atoms with van der Waals surface area (Å²) >= 11 is 0. The molecule has 1 aromatic carbocycles. The number of fused-ring (bicyclic) bond motifs is 5. The van der Waals surface area contributed by atoms with E-state index < -0.39 is 23.5 Å². The molecule has 1 aliphatic carbocycles. The molecular weight excluding hydrogens is 586 g/mol. The summed E-state index contributed by atoms with van der Waals surface area (Å²) in [7, 11) is 1.62. The minimum atomic E-state index is -0.664. The van der Waals surface area contributed by atoms with E-state index in [0.29, 0.717) is 62.0 Å². The molecule has 10 nitrogen and oxygen atoms in total. The second kappa shape index (κ2) is 14.2. The predicted molar refractivity (Wildman–Crippen MR) is 172 cm³/mol. The van der Waals surface area contributed by atoms with Gasteiger partial charge in [-0.25, -0.2) is 9.97 Å². The Morgan fingerprint density at radius 3 is 2.57 bits per heavy atom. The monoisotopic (exact) mass is 635 g/mol. The summed E-state index contributed by atoms with van der Waals surface area (Å²) in [5, 5.41) is 0. The maximum absolute atomic E-state index is 14.6. The van der Waals surface area contributed by atoms with Gasteiger partial charge in [-0.15, -0.1) is 0 Å². The number of aromatic nitrogens is 2. The Balaban J connectivity index is 1.37. The Hall–Kier alpha value is -3.27. The zero-order chi connectivity index (χ0) is 32.3. The SMILES string of the molecule is CC[C@@H]1[C@@H]2CN(C(=O)[C@H](C3(C)CCOCC3)CC(=O)O[C@@H]3CCC[C@H]3CCCCCc3nc4ccc(OC)cc4nc3O2)[C@@H]1C=O. The van der Waals surface area contributed by atoms with Crippen LogP contribution in [-0.4, -0.2) is 78.1 Å². The van der Waals surface area contributed by atoms with Crippen LogP contribution in [0.25, 0.3) is 11.0 Å². The molecule has 1 saturated carbocycles. The van der Waals surface area contributed by atoms with Gasteiger partial charge in [-0.05, 0) is 81.3 Å². The number of aldehydes is 1. The lowest BCUT2D eigenvalue weighted by Gasteiger charge is -2.41. The second-order valence-electron chi connectivity index (χ2n) is 14.0. The Bertz CT molecular complexity index is 1410. The second-order valence-corrected chi connectivity index (χ2v) is 14.0. The van der Waals surface area contributed by atoms with Crippen molar-refractivity contribution in [3.63, 3.8) is 0 Å². The summed E-state index contributed by atoms with van der Waals surface area (Å²) in [5.74, 6) is 0.145. The fourth-order valence-electron chi connectivity index (χ4n) is 8.29. The third-order valence-electron chi connectivity index (χ3n) is 11.2. The first-order valence-electron chi connectivity index (χ1n) is 17.4. The van der Waals surface area contributed by atoms with Crippen LogP contribution in [0.1, 0.15) is 90.2 Å². The van der Waals surface area contributed by atoms with Crippen LogP contribution in [0.5, 0.6) is 11.6 Å². The van der Waals surface area contributed by atoms with Gasteiger partial charge in [0.25, 0.3) is 0 Å². The molecular formula is C36H49N3O7. The van der Waals surface area contributed by atoms with Crippen molar-refractivity contribution in [3.8, 4) is 11.6 Å². The third-order valence-corrected chi connectivity index (χ3v) is 11.2. The van der Waals surface area contributed by atoms with Crippen LogP contribution in [-0.2, 0) is 30.3 Å². The molecule has 4 aliphatic rings. The lowest BCUT2D eigenvalue weighted by molar-refractivity contribution is -0.160. The van der Waals surface area contributed by atoms with Crippen LogP contribution in [0, 0.1) is 23.2 Å². The number of hydrogen-bond donors (Lipinski definition) is 0. The van der Waals surface area contributed by atoms with E-state index in [1.165, 1.54) is 0 Å². The Morgan fingerprint density at radius 2 is 1.80 bits per heavy atom. The number of nitrogens with zero attached hydrogens (tertiary/aromatic N) is 3. The average Bonchev–Trinajstić information content (AvgIpc) is 3.65. The Morgan fingerprint density at radius 1 is 1.00 bits per heavy atom. The van der Waals surface area contributed by atoms with Crippen molar-refractivity contribution < 1.29 is 33.3 Å². The lowest BCUT2D eigenvalue weighted by Crippen LogP contribution is -2.49. The molecule has 2 aromatic rings. The summed E-state index contributed by atoms with van der Waals surface area (Å²) in [6.45, 7) is 5.41. The van der Waals surface area contributed by atoms with E-state index in [4.69, 9.17) is 28.9 Å². The minimum absolute atomic E-state index is 0.00504. The van der Waals surface area contributed by atoms with Gasteiger partial charge in [-0.3, -0.25) is 9.59 Å². The highest BCUT2D eigenvalue weighted by Gasteiger charge is 2.50. The van der Waals surface area contributed by atoms with E-state index in [-0.39, 0.29) is 36.9 Å². The van der Waals surface area contributed by atoms with E-state index in [9.17, 15) is 14.4 Å². The van der Waals surface area contributed by atoms with Crippen molar-refractivity contribution in [3.05, 3.63) is 23.9 Å². The van der Waals surface area contributed by atoms with Crippen LogP contribution in [0.15, 0.2) is 18.2 Å². The van der Waals surface area contributed by atoms with Gasteiger partial charge in [0.2, 0.25) is 11.8 Å². The number of aryl methyl sites for hydroxylation is 1. The number of rotatable bonds is 4. The summed E-state index contributed by atoms with van der Waals surface area (Å²) < 4.78 is 24.0. The van der Waals surface area contributed by atoms with Crippen molar-refractivity contribution in [1.82, 2.24) is 14.9 Å². The molecule has 0 spiro atoms. The Kier molecular flexibility index (Phi) is 10.1. The number of methoxy groups -OCH3 is 1. The number of hydrogen-bond acceptors (Lipinski definition) is 9. The first-order chi connectivity index (χ1) is 22.3. The van der Waals surface area contributed by atoms with E-state index in [0.717, 1.165) is 62.4 Å². The van der Waals surface area contributed by atoms with Gasteiger partial charge in [0.05, 0.1) is 43.1 Å². The zero-order valence-corrected chi connectivity index (χ0v) is 27.6. The third kappa shape index (κ3) is 6.73. The molecule has 46 heavy (non-hydrogen) atoms. The van der Waals surface area contributed by atoms with Gasteiger partial charge >= 0.3 is 5.97 Å². The molecule has 2 bridgehead atoms. The molecule has 3 fully saturated rings. The maximum Gasteiger partial charge on any atom is 0.306 e. The highest BCUT2D eigenvalue weighted by atomic mass is 16.5. The summed E-state index contributed by atoms with van der Waals surface area (Å²) in [4.78, 5) is 52.5. The van der Waals surface area contributed by atoms with Gasteiger partial charge in [-0.2, -0.15) is 0 Å². The number of carbonyl (C=O) groups excluding carboxylic acids is 3. The topological polar surface area (TPSA) is 117 Å². The number of benzene rings is 1. The maximum atomic E-state index is 14.6. The molecule has 6 rings (SSSR count). The molecule has 1 aromatic heterocycles. The van der Waals surface area contributed by atoms with Crippen molar-refractivity contribution in [1.29, 1.82) is 0 Å². The highest BCUT2D eigenvalue weighted by Crippen LogP contribution is 2.43. The lowest BCUT2D eigenvalue weighted by atomic mass is 9.69. The zero-order valence-electron chi connectivity index (χ0n) is 27.6. The molecule has 0 radical (unpaired) electrons. The largest absolute Gasteiger partial charge is 0.497 e. The Labute approximate surface area is 271 Å². The fourth-order valence-corrected chi connectivity index (χ4v) is 8.29. The molecule has 4 heterocycles. The van der Waals surface area contributed by atoms with Crippen LogP contribution in [0.4, 0.5) is 0 Å². The van der Waals surface area contributed by atoms with Crippen molar-refractivity contribution >= 4 is 29.2 Å². The van der Waals surface area contributed by atoms with E-state index >= 15 is 0 Å². The van der Waals surface area contributed by atoms with E-state index in [2.05, 4.69) is 6.92 Å². The highest BCUT2D eigenvalue weighted by molar-refractivity contribution is 5.87. The number of carbonyl (C=O) groups is 3. The summed E-state index contributed by atoms with van der Waals surface area (Å²) in [6.07, 6.45) is 10.00. The molecule has 0 unspecified atom stereocenters. The van der Waals surface area contributed by atoms with Crippen molar-refractivity contribution in [2.24, 2.45) is 23.2 Å². The molecule has 250 valence electrons. The van der Waals surface area contributed by atoms with Crippen LogP contribution in [0.3, 0.4) is 0 Å². The predicted octanol–water partition coefficient (Wildman–Crippen LogP) is 5.47. The minimum Gasteiger partial charge on any atom is -0.497 e. The van der Waals surface area contributed by atoms with E-state index in [1.54, 1.807) is 12.0 Å². The van der Waals surface area contributed by atoms with Gasteiger partial charge in [0.15, 0.2) is 0 Å². The smallest absolute Gasteiger partial charge is 0.306 e. The first kappa shape index (κ1) is 32.7. The van der Waals surface area contributed by atoms with Crippen molar-refractivity contribution in [2.75, 3.05) is 26.9 Å². The van der Waals surface area contributed by atoms with Crippen LogP contribution in [0.2, 0.25) is 0 Å². The van der Waals surface area contributed by atoms with Gasteiger partial charge in [0.1, 0.15) is 29.9 Å². The van der Waals surface area contributed by atoms with Crippen LogP contribution >= 0.6 is 0 Å². The quantitative estimate of drug-likeness (QED) is 0.318. The van der Waals surface area contributed by atoms with Crippen LogP contribution < -0.4 is 9.47 Å². The normalized spacial score (nSPS) is 30.8. The molecule has 0 N–H and O–H groups in total. The van der Waals surface area contributed by atoms with Gasteiger partial charge in [-0.1, -0.05) is 26.7 Å². The summed E-state index contributed by atoms with van der Waals surface area (Å²) in [6, 6.07) is 4.98. The van der Waals surface area contributed by atoms with Gasteiger partial charge < -0.3 is 28.6 Å².